The Balaban J connectivity index is 2.02. The highest BCUT2D eigenvalue weighted by atomic mass is 35.5. The molecule has 1 heterocycles. The van der Waals surface area contributed by atoms with Gasteiger partial charge in [0.15, 0.2) is 0 Å². The fourth-order valence-corrected chi connectivity index (χ4v) is 2.45. The molecule has 3 rings (SSSR count). The summed E-state index contributed by atoms with van der Waals surface area (Å²) in [5.74, 6) is 0.744. The highest BCUT2D eigenvalue weighted by Crippen LogP contribution is 2.25. The van der Waals surface area contributed by atoms with Gasteiger partial charge in [-0.15, -0.1) is 0 Å². The molecule has 0 spiro atoms. The first-order chi connectivity index (χ1) is 11.1. The van der Waals surface area contributed by atoms with Crippen molar-refractivity contribution in [3.05, 3.63) is 68.1 Å². The third kappa shape index (κ3) is 3.38. The van der Waals surface area contributed by atoms with E-state index in [9.17, 15) is 4.79 Å². The average molecular weight is 347 g/mol. The van der Waals surface area contributed by atoms with Gasteiger partial charge in [0.05, 0.1) is 28.2 Å². The van der Waals surface area contributed by atoms with Gasteiger partial charge >= 0.3 is 0 Å². The van der Waals surface area contributed by atoms with Crippen molar-refractivity contribution in [2.45, 2.75) is 0 Å². The lowest BCUT2D eigenvalue weighted by molar-refractivity contribution is 0.414. The van der Waals surface area contributed by atoms with E-state index in [1.54, 1.807) is 31.4 Å². The molecule has 0 saturated heterocycles. The van der Waals surface area contributed by atoms with Crippen molar-refractivity contribution in [2.24, 2.45) is 0 Å². The third-order valence-corrected chi connectivity index (χ3v) is 4.01. The van der Waals surface area contributed by atoms with Crippen LogP contribution in [0, 0.1) is 0 Å². The molecule has 0 unspecified atom stereocenters. The topological polar surface area (TPSA) is 55.0 Å². The first kappa shape index (κ1) is 15.6. The molecule has 3 aromatic rings. The van der Waals surface area contributed by atoms with Crippen LogP contribution in [0.15, 0.2) is 41.2 Å². The minimum Gasteiger partial charge on any atom is -0.497 e. The number of ether oxygens (including phenoxy) is 1. The zero-order valence-corrected chi connectivity index (χ0v) is 13.7. The van der Waals surface area contributed by atoms with Gasteiger partial charge in [-0.2, -0.15) is 0 Å². The summed E-state index contributed by atoms with van der Waals surface area (Å²) >= 11 is 11.9. The molecule has 0 aliphatic heterocycles. The Hall–Kier alpha value is -2.30. The molecule has 0 bridgehead atoms. The van der Waals surface area contributed by atoms with E-state index < -0.39 is 0 Å². The van der Waals surface area contributed by atoms with Crippen LogP contribution in [0.1, 0.15) is 11.3 Å². The molecule has 0 radical (unpaired) electrons. The third-order valence-electron chi connectivity index (χ3n) is 3.29. The van der Waals surface area contributed by atoms with Gasteiger partial charge in [-0.3, -0.25) is 4.79 Å². The monoisotopic (exact) mass is 346 g/mol. The minimum absolute atomic E-state index is 0.290. The summed E-state index contributed by atoms with van der Waals surface area (Å²) in [6.45, 7) is 0. The van der Waals surface area contributed by atoms with E-state index in [1.165, 1.54) is 0 Å². The van der Waals surface area contributed by atoms with E-state index in [1.807, 2.05) is 24.3 Å². The number of rotatable bonds is 3. The molecule has 0 saturated carbocycles. The van der Waals surface area contributed by atoms with Crippen molar-refractivity contribution >= 4 is 46.4 Å². The quantitative estimate of drug-likeness (QED) is 0.764. The molecular formula is C17H12Cl2N2O2. The minimum atomic E-state index is -0.296. The van der Waals surface area contributed by atoms with Crippen LogP contribution in [0.3, 0.4) is 0 Å². The molecule has 1 N–H and O–H groups in total. The van der Waals surface area contributed by atoms with Crippen molar-refractivity contribution in [2.75, 3.05) is 7.11 Å². The summed E-state index contributed by atoms with van der Waals surface area (Å²) in [5, 5.41) is 0.762. The summed E-state index contributed by atoms with van der Waals surface area (Å²) in [6, 6.07) is 10.7. The standard InChI is InChI=1S/C17H12Cl2N2O2/c1-23-11-4-2-3-10(7-11)5-6-14-17(22)21-16-9-13(19)12(18)8-15(16)20-14/h2-9H,1H3,(H,21,22). The normalized spacial score (nSPS) is 11.3. The Kier molecular flexibility index (Phi) is 4.37. The Morgan fingerprint density at radius 3 is 2.70 bits per heavy atom. The molecule has 2 aromatic carbocycles. The van der Waals surface area contributed by atoms with Gasteiger partial charge in [-0.25, -0.2) is 4.98 Å². The van der Waals surface area contributed by atoms with Crippen molar-refractivity contribution in [3.63, 3.8) is 0 Å². The van der Waals surface area contributed by atoms with Crippen LogP contribution in [-0.2, 0) is 0 Å². The molecule has 0 atom stereocenters. The summed E-state index contributed by atoms with van der Waals surface area (Å²) < 4.78 is 5.17. The number of H-pyrrole nitrogens is 1. The van der Waals surface area contributed by atoms with Gasteiger partial charge in [0.25, 0.3) is 5.56 Å². The molecule has 23 heavy (non-hydrogen) atoms. The van der Waals surface area contributed by atoms with E-state index in [-0.39, 0.29) is 5.56 Å². The predicted molar refractivity (Wildman–Crippen MR) is 94.3 cm³/mol. The van der Waals surface area contributed by atoms with E-state index in [4.69, 9.17) is 27.9 Å². The molecule has 4 nitrogen and oxygen atoms in total. The van der Waals surface area contributed by atoms with Crippen LogP contribution in [0.2, 0.25) is 10.0 Å². The summed E-state index contributed by atoms with van der Waals surface area (Å²) in [5.41, 5.74) is 2.01. The number of benzene rings is 2. The Morgan fingerprint density at radius 2 is 1.91 bits per heavy atom. The molecule has 116 valence electrons. The number of halogens is 2. The number of aromatic nitrogens is 2. The van der Waals surface area contributed by atoms with E-state index in [0.717, 1.165) is 11.3 Å². The van der Waals surface area contributed by atoms with Crippen molar-refractivity contribution in [3.8, 4) is 5.75 Å². The molecule has 6 heteroatoms. The maximum absolute atomic E-state index is 12.1. The lowest BCUT2D eigenvalue weighted by atomic mass is 10.2. The van der Waals surface area contributed by atoms with E-state index in [0.29, 0.717) is 26.8 Å². The Morgan fingerprint density at radius 1 is 1.13 bits per heavy atom. The maximum atomic E-state index is 12.1. The molecule has 0 aliphatic rings. The fourth-order valence-electron chi connectivity index (χ4n) is 2.13. The molecular weight excluding hydrogens is 335 g/mol. The number of aromatic amines is 1. The molecule has 0 aliphatic carbocycles. The zero-order valence-electron chi connectivity index (χ0n) is 12.1. The van der Waals surface area contributed by atoms with Crippen LogP contribution in [0.5, 0.6) is 5.75 Å². The van der Waals surface area contributed by atoms with Crippen molar-refractivity contribution in [1.29, 1.82) is 0 Å². The second-order valence-corrected chi connectivity index (χ2v) is 5.66. The largest absolute Gasteiger partial charge is 0.497 e. The van der Waals surface area contributed by atoms with Crippen molar-refractivity contribution < 1.29 is 4.74 Å². The highest BCUT2D eigenvalue weighted by Gasteiger charge is 2.06. The van der Waals surface area contributed by atoms with Gasteiger partial charge in [-0.05, 0) is 35.9 Å². The van der Waals surface area contributed by atoms with Gasteiger partial charge in [-0.1, -0.05) is 41.4 Å². The van der Waals surface area contributed by atoms with Gasteiger partial charge in [0.1, 0.15) is 11.4 Å². The van der Waals surface area contributed by atoms with Crippen LogP contribution in [-0.4, -0.2) is 17.1 Å². The number of fused-ring (bicyclic) bond motifs is 1. The van der Waals surface area contributed by atoms with Gasteiger partial charge in [0, 0.05) is 0 Å². The molecule has 0 fully saturated rings. The lowest BCUT2D eigenvalue weighted by Crippen LogP contribution is -2.11. The fraction of sp³-hybridized carbons (Fsp3) is 0.0588. The number of nitrogens with one attached hydrogen (secondary N) is 1. The zero-order chi connectivity index (χ0) is 16.4. The number of nitrogens with zero attached hydrogens (tertiary/aromatic N) is 1. The Labute approximate surface area is 142 Å². The lowest BCUT2D eigenvalue weighted by Gasteiger charge is -2.02. The first-order valence-electron chi connectivity index (χ1n) is 6.78. The summed E-state index contributed by atoms with van der Waals surface area (Å²) in [6.07, 6.45) is 3.44. The molecule has 0 amide bonds. The van der Waals surface area contributed by atoms with Crippen molar-refractivity contribution in [1.82, 2.24) is 9.97 Å². The van der Waals surface area contributed by atoms with Crippen LogP contribution in [0.4, 0.5) is 0 Å². The smallest absolute Gasteiger partial charge is 0.274 e. The Bertz CT molecular complexity index is 964. The number of hydrogen-bond donors (Lipinski definition) is 1. The second-order valence-electron chi connectivity index (χ2n) is 4.84. The predicted octanol–water partition coefficient (Wildman–Crippen LogP) is 4.41. The highest BCUT2D eigenvalue weighted by molar-refractivity contribution is 6.42. The van der Waals surface area contributed by atoms with Crippen LogP contribution >= 0.6 is 23.2 Å². The van der Waals surface area contributed by atoms with Crippen LogP contribution in [0.25, 0.3) is 23.2 Å². The maximum Gasteiger partial charge on any atom is 0.274 e. The molecule has 1 aromatic heterocycles. The summed E-state index contributed by atoms with van der Waals surface area (Å²) in [4.78, 5) is 19.2. The van der Waals surface area contributed by atoms with Gasteiger partial charge in [0.2, 0.25) is 0 Å². The SMILES string of the molecule is COc1cccc(C=Cc2nc3cc(Cl)c(Cl)cc3[nH]c2=O)c1. The first-order valence-corrected chi connectivity index (χ1v) is 7.53. The number of methoxy groups -OCH3 is 1. The van der Waals surface area contributed by atoms with Crippen LogP contribution < -0.4 is 10.3 Å². The average Bonchev–Trinajstić information content (AvgIpc) is 2.55. The summed E-state index contributed by atoms with van der Waals surface area (Å²) in [7, 11) is 1.60. The second kappa shape index (κ2) is 6.44. The van der Waals surface area contributed by atoms with Gasteiger partial charge < -0.3 is 9.72 Å². The van der Waals surface area contributed by atoms with E-state index in [2.05, 4.69) is 9.97 Å². The van der Waals surface area contributed by atoms with E-state index >= 15 is 0 Å². The number of hydrogen-bond acceptors (Lipinski definition) is 3.